The molecular weight excluding hydrogens is 425 g/mol. The Labute approximate surface area is 171 Å². The summed E-state index contributed by atoms with van der Waals surface area (Å²) in [4.78, 5) is 24.5. The lowest BCUT2D eigenvalue weighted by Gasteiger charge is -2.17. The Morgan fingerprint density at radius 3 is 2.30 bits per heavy atom. The average Bonchev–Trinajstić information content (AvgIpc) is 2.70. The fraction of sp³-hybridized carbons (Fsp3) is 0.263. The standard InChI is InChI=1S/C19H19F3N2O5S/c1-24(11-10-17(25)29-2)18(26)13-6-8-16(9-7-13)30(27,28)23-15-5-3-4-14(12-15)19(20,21)22/h3-9,12,23H,10-11H2,1-2H3. The topological polar surface area (TPSA) is 92.8 Å². The van der Waals surface area contributed by atoms with Gasteiger partial charge in [-0.25, -0.2) is 8.42 Å². The molecule has 7 nitrogen and oxygen atoms in total. The molecule has 0 fully saturated rings. The third-order valence-corrected chi connectivity index (χ3v) is 5.48. The number of rotatable bonds is 7. The van der Waals surface area contributed by atoms with Gasteiger partial charge in [0, 0.05) is 24.8 Å². The van der Waals surface area contributed by atoms with Crippen LogP contribution >= 0.6 is 0 Å². The lowest BCUT2D eigenvalue weighted by atomic mass is 10.2. The molecule has 0 aromatic heterocycles. The average molecular weight is 444 g/mol. The Morgan fingerprint density at radius 1 is 1.10 bits per heavy atom. The largest absolute Gasteiger partial charge is 0.469 e. The number of carbonyl (C=O) groups excluding carboxylic acids is 2. The second kappa shape index (κ2) is 9.16. The van der Waals surface area contributed by atoms with E-state index in [9.17, 15) is 31.2 Å². The van der Waals surface area contributed by atoms with Crippen LogP contribution in [0.25, 0.3) is 0 Å². The maximum absolute atomic E-state index is 12.8. The molecule has 0 bridgehead atoms. The number of ether oxygens (including phenoxy) is 1. The summed E-state index contributed by atoms with van der Waals surface area (Å²) in [7, 11) is -1.46. The summed E-state index contributed by atoms with van der Waals surface area (Å²) in [5, 5.41) is 0. The molecule has 0 radical (unpaired) electrons. The smallest absolute Gasteiger partial charge is 0.416 e. The fourth-order valence-electron chi connectivity index (χ4n) is 2.43. The van der Waals surface area contributed by atoms with E-state index in [1.807, 2.05) is 0 Å². The third-order valence-electron chi connectivity index (χ3n) is 4.08. The molecule has 0 aliphatic rings. The van der Waals surface area contributed by atoms with Gasteiger partial charge in [0.05, 0.1) is 24.0 Å². The van der Waals surface area contributed by atoms with E-state index in [-0.39, 0.29) is 29.1 Å². The van der Waals surface area contributed by atoms with Crippen molar-refractivity contribution in [2.45, 2.75) is 17.5 Å². The zero-order chi connectivity index (χ0) is 22.5. The molecule has 1 amide bonds. The van der Waals surface area contributed by atoms with Gasteiger partial charge in [0.15, 0.2) is 0 Å². The van der Waals surface area contributed by atoms with E-state index in [0.717, 1.165) is 24.3 Å². The molecule has 0 unspecified atom stereocenters. The van der Waals surface area contributed by atoms with Gasteiger partial charge >= 0.3 is 12.1 Å². The zero-order valence-electron chi connectivity index (χ0n) is 16.1. The number of nitrogens with one attached hydrogen (secondary N) is 1. The van der Waals surface area contributed by atoms with Gasteiger partial charge in [-0.2, -0.15) is 13.2 Å². The van der Waals surface area contributed by atoms with E-state index < -0.39 is 33.6 Å². The number of benzene rings is 2. The van der Waals surface area contributed by atoms with Crippen molar-refractivity contribution in [3.8, 4) is 0 Å². The van der Waals surface area contributed by atoms with Crippen LogP contribution in [0.2, 0.25) is 0 Å². The number of esters is 1. The van der Waals surface area contributed by atoms with Crippen LogP contribution in [-0.4, -0.2) is 45.9 Å². The van der Waals surface area contributed by atoms with Crippen LogP contribution in [0.5, 0.6) is 0 Å². The van der Waals surface area contributed by atoms with Crippen molar-refractivity contribution in [1.82, 2.24) is 4.90 Å². The minimum Gasteiger partial charge on any atom is -0.469 e. The summed E-state index contributed by atoms with van der Waals surface area (Å²) >= 11 is 0. The zero-order valence-corrected chi connectivity index (χ0v) is 16.9. The highest BCUT2D eigenvalue weighted by molar-refractivity contribution is 7.92. The summed E-state index contributed by atoms with van der Waals surface area (Å²) in [5.74, 6) is -0.912. The maximum atomic E-state index is 12.8. The number of halogens is 3. The highest BCUT2D eigenvalue weighted by atomic mass is 32.2. The van der Waals surface area contributed by atoms with Crippen LogP contribution in [0.1, 0.15) is 22.3 Å². The summed E-state index contributed by atoms with van der Waals surface area (Å²) < 4.78 is 69.9. The number of carbonyl (C=O) groups is 2. The monoisotopic (exact) mass is 444 g/mol. The number of nitrogens with zero attached hydrogens (tertiary/aromatic N) is 1. The Morgan fingerprint density at radius 2 is 1.73 bits per heavy atom. The number of hydrogen-bond donors (Lipinski definition) is 1. The van der Waals surface area contributed by atoms with Crippen LogP contribution in [-0.2, 0) is 25.7 Å². The SMILES string of the molecule is COC(=O)CCN(C)C(=O)c1ccc(S(=O)(=O)Nc2cccc(C(F)(F)F)c2)cc1. The normalized spacial score (nSPS) is 11.6. The van der Waals surface area contributed by atoms with Crippen LogP contribution < -0.4 is 4.72 Å². The second-order valence-corrected chi connectivity index (χ2v) is 7.94. The summed E-state index contributed by atoms with van der Waals surface area (Å²) in [6.07, 6.45) is -4.60. The first-order chi connectivity index (χ1) is 13.9. The van der Waals surface area contributed by atoms with Crippen LogP contribution in [0.3, 0.4) is 0 Å². The molecule has 0 atom stereocenters. The molecule has 30 heavy (non-hydrogen) atoms. The Hall–Kier alpha value is -3.08. The molecule has 162 valence electrons. The molecule has 0 aliphatic heterocycles. The van der Waals surface area contributed by atoms with Gasteiger partial charge in [0.2, 0.25) is 0 Å². The molecule has 0 spiro atoms. The quantitative estimate of drug-likeness (QED) is 0.663. The van der Waals surface area contributed by atoms with Crippen molar-refractivity contribution >= 4 is 27.6 Å². The number of amides is 1. The minimum atomic E-state index is -4.61. The fourth-order valence-corrected chi connectivity index (χ4v) is 3.48. The summed E-state index contributed by atoms with van der Waals surface area (Å²) in [6, 6.07) is 8.68. The van der Waals surface area contributed by atoms with Gasteiger partial charge in [0.1, 0.15) is 0 Å². The lowest BCUT2D eigenvalue weighted by molar-refractivity contribution is -0.141. The van der Waals surface area contributed by atoms with Crippen molar-refractivity contribution in [3.05, 3.63) is 59.7 Å². The van der Waals surface area contributed by atoms with E-state index in [1.54, 1.807) is 0 Å². The molecule has 0 aliphatic carbocycles. The van der Waals surface area contributed by atoms with Gasteiger partial charge in [0.25, 0.3) is 15.9 Å². The van der Waals surface area contributed by atoms with E-state index in [0.29, 0.717) is 6.07 Å². The van der Waals surface area contributed by atoms with E-state index in [1.165, 1.54) is 37.3 Å². The van der Waals surface area contributed by atoms with Gasteiger partial charge in [-0.1, -0.05) is 6.07 Å². The molecule has 2 aromatic carbocycles. The third kappa shape index (κ3) is 5.96. The van der Waals surface area contributed by atoms with Crippen LogP contribution in [0.15, 0.2) is 53.4 Å². The lowest BCUT2D eigenvalue weighted by Crippen LogP contribution is -2.29. The van der Waals surface area contributed by atoms with E-state index >= 15 is 0 Å². The van der Waals surface area contributed by atoms with Crippen LogP contribution in [0, 0.1) is 0 Å². The number of anilines is 1. The van der Waals surface area contributed by atoms with Crippen molar-refractivity contribution in [2.75, 3.05) is 25.4 Å². The van der Waals surface area contributed by atoms with Gasteiger partial charge in [-0.3, -0.25) is 14.3 Å². The number of alkyl halides is 3. The van der Waals surface area contributed by atoms with Crippen LogP contribution in [0.4, 0.5) is 18.9 Å². The highest BCUT2D eigenvalue weighted by Gasteiger charge is 2.30. The Bertz CT molecular complexity index is 1020. The molecule has 0 heterocycles. The van der Waals surface area contributed by atoms with Crippen molar-refractivity contribution in [3.63, 3.8) is 0 Å². The first-order valence-electron chi connectivity index (χ1n) is 8.56. The highest BCUT2D eigenvalue weighted by Crippen LogP contribution is 2.31. The van der Waals surface area contributed by atoms with Crippen molar-refractivity contribution in [2.24, 2.45) is 0 Å². The molecular formula is C19H19F3N2O5S. The molecule has 0 saturated carbocycles. The molecule has 2 aromatic rings. The number of hydrogen-bond acceptors (Lipinski definition) is 5. The van der Waals surface area contributed by atoms with E-state index in [4.69, 9.17) is 0 Å². The summed E-state index contributed by atoms with van der Waals surface area (Å²) in [5.41, 5.74) is -1.05. The first-order valence-corrected chi connectivity index (χ1v) is 10.0. The predicted molar refractivity (Wildman–Crippen MR) is 102 cm³/mol. The molecule has 2 rings (SSSR count). The Balaban J connectivity index is 2.13. The van der Waals surface area contributed by atoms with Gasteiger partial charge < -0.3 is 9.64 Å². The van der Waals surface area contributed by atoms with Gasteiger partial charge in [-0.05, 0) is 42.5 Å². The van der Waals surface area contributed by atoms with E-state index in [2.05, 4.69) is 9.46 Å². The number of methoxy groups -OCH3 is 1. The molecule has 11 heteroatoms. The van der Waals surface area contributed by atoms with Crippen molar-refractivity contribution < 1.29 is 35.9 Å². The second-order valence-electron chi connectivity index (χ2n) is 6.26. The summed E-state index contributed by atoms with van der Waals surface area (Å²) in [6.45, 7) is 0.114. The van der Waals surface area contributed by atoms with Gasteiger partial charge in [-0.15, -0.1) is 0 Å². The van der Waals surface area contributed by atoms with Crippen molar-refractivity contribution in [1.29, 1.82) is 0 Å². The number of sulfonamides is 1. The Kier molecular flexibility index (Phi) is 7.08. The maximum Gasteiger partial charge on any atom is 0.416 e. The minimum absolute atomic E-state index is 0.00606. The molecule has 1 N–H and O–H groups in total. The molecule has 0 saturated heterocycles. The first kappa shape index (κ1) is 23.2. The predicted octanol–water partition coefficient (Wildman–Crippen LogP) is 3.14.